The molecule has 5 nitrogen and oxygen atoms in total. The van der Waals surface area contributed by atoms with Crippen LogP contribution in [0.5, 0.6) is 0 Å². The molecule has 0 aromatic heterocycles. The van der Waals surface area contributed by atoms with Crippen LogP contribution >= 0.6 is 0 Å². The van der Waals surface area contributed by atoms with Gasteiger partial charge >= 0.3 is 0 Å². The van der Waals surface area contributed by atoms with Crippen LogP contribution in [0.4, 0.5) is 5.69 Å². The summed E-state index contributed by atoms with van der Waals surface area (Å²) >= 11 is 0. The molecule has 90 valence electrons. The summed E-state index contributed by atoms with van der Waals surface area (Å²) in [6.07, 6.45) is 0.227. The fourth-order valence-electron chi connectivity index (χ4n) is 1.92. The third kappa shape index (κ3) is 2.45. The number of primary amides is 1. The lowest BCUT2D eigenvalue weighted by molar-refractivity contribution is -0.119. The largest absolute Gasteiger partial charge is 0.370 e. The normalized spacial score (nSPS) is 17.7. The number of anilines is 1. The lowest BCUT2D eigenvalue weighted by atomic mass is 10.1. The molecule has 4 N–H and O–H groups in total. The van der Waals surface area contributed by atoms with Crippen molar-refractivity contribution in [3.05, 3.63) is 29.3 Å². The highest BCUT2D eigenvalue weighted by molar-refractivity contribution is 6.02. The summed E-state index contributed by atoms with van der Waals surface area (Å²) in [7, 11) is 0. The molecule has 0 saturated carbocycles. The van der Waals surface area contributed by atoms with E-state index in [1.54, 1.807) is 0 Å². The van der Waals surface area contributed by atoms with Crippen LogP contribution < -0.4 is 16.4 Å². The summed E-state index contributed by atoms with van der Waals surface area (Å²) in [5, 5.41) is 5.83. The van der Waals surface area contributed by atoms with Crippen LogP contribution in [0.2, 0.25) is 0 Å². The molecule has 0 bridgehead atoms. The zero-order chi connectivity index (χ0) is 12.4. The standard InChI is InChI=1S/C12H15N3O2/c1-7-2-3-9-8(6-7)11(12(17)15-9)14-5-4-10(13)16/h2-3,6,11,14H,4-5H2,1H3,(H2,13,16)(H,15,17). The Hall–Kier alpha value is -1.88. The number of fused-ring (bicyclic) bond motifs is 1. The summed E-state index contributed by atoms with van der Waals surface area (Å²) in [6.45, 7) is 2.38. The molecule has 1 aliphatic heterocycles. The molecule has 1 heterocycles. The smallest absolute Gasteiger partial charge is 0.246 e. The van der Waals surface area contributed by atoms with Crippen molar-refractivity contribution in [1.29, 1.82) is 0 Å². The van der Waals surface area contributed by atoms with Crippen LogP contribution in [0.3, 0.4) is 0 Å². The van der Waals surface area contributed by atoms with Crippen molar-refractivity contribution in [2.45, 2.75) is 19.4 Å². The van der Waals surface area contributed by atoms with Gasteiger partial charge in [0.2, 0.25) is 11.8 Å². The van der Waals surface area contributed by atoms with Gasteiger partial charge < -0.3 is 16.4 Å². The Kier molecular flexibility index (Phi) is 3.10. The molecule has 1 unspecified atom stereocenters. The summed E-state index contributed by atoms with van der Waals surface area (Å²) in [6, 6.07) is 5.42. The zero-order valence-electron chi connectivity index (χ0n) is 9.62. The predicted molar refractivity (Wildman–Crippen MR) is 64.4 cm³/mol. The van der Waals surface area contributed by atoms with E-state index in [1.165, 1.54) is 0 Å². The number of benzene rings is 1. The fourth-order valence-corrected chi connectivity index (χ4v) is 1.92. The Morgan fingerprint density at radius 2 is 2.29 bits per heavy atom. The predicted octanol–water partition coefficient (Wildman–Crippen LogP) is 0.453. The van der Waals surface area contributed by atoms with Gasteiger partial charge in [-0.05, 0) is 13.0 Å². The minimum atomic E-state index is -0.385. The van der Waals surface area contributed by atoms with E-state index in [4.69, 9.17) is 5.73 Å². The summed E-state index contributed by atoms with van der Waals surface area (Å²) in [4.78, 5) is 22.4. The maximum Gasteiger partial charge on any atom is 0.246 e. The van der Waals surface area contributed by atoms with Crippen molar-refractivity contribution in [3.63, 3.8) is 0 Å². The van der Waals surface area contributed by atoms with E-state index in [9.17, 15) is 9.59 Å². The van der Waals surface area contributed by atoms with Gasteiger partial charge in [0.1, 0.15) is 6.04 Å². The van der Waals surface area contributed by atoms with Crippen LogP contribution in [0, 0.1) is 6.92 Å². The van der Waals surface area contributed by atoms with Crippen LogP contribution in [-0.2, 0) is 9.59 Å². The average Bonchev–Trinajstić information content (AvgIpc) is 2.55. The summed E-state index contributed by atoms with van der Waals surface area (Å²) < 4.78 is 0. The first-order chi connectivity index (χ1) is 8.08. The molecule has 0 aliphatic carbocycles. The van der Waals surface area contributed by atoms with E-state index in [-0.39, 0.29) is 24.3 Å². The van der Waals surface area contributed by atoms with Gasteiger partial charge in [-0.2, -0.15) is 0 Å². The highest BCUT2D eigenvalue weighted by atomic mass is 16.2. The SMILES string of the molecule is Cc1ccc2c(c1)C(NCCC(N)=O)C(=O)N2. The second-order valence-electron chi connectivity index (χ2n) is 4.18. The molecule has 0 radical (unpaired) electrons. The van der Waals surface area contributed by atoms with Crippen molar-refractivity contribution in [3.8, 4) is 0 Å². The van der Waals surface area contributed by atoms with E-state index in [0.29, 0.717) is 6.54 Å². The number of carbonyl (C=O) groups is 2. The van der Waals surface area contributed by atoms with Crippen LogP contribution in [-0.4, -0.2) is 18.4 Å². The van der Waals surface area contributed by atoms with Gasteiger partial charge in [-0.3, -0.25) is 9.59 Å². The molecular formula is C12H15N3O2. The number of nitrogens with one attached hydrogen (secondary N) is 2. The highest BCUT2D eigenvalue weighted by Gasteiger charge is 2.29. The number of hydrogen-bond donors (Lipinski definition) is 3. The Morgan fingerprint density at radius 3 is 3.00 bits per heavy atom. The highest BCUT2D eigenvalue weighted by Crippen LogP contribution is 2.31. The van der Waals surface area contributed by atoms with Crippen molar-refractivity contribution >= 4 is 17.5 Å². The maximum atomic E-state index is 11.7. The molecule has 1 aliphatic rings. The van der Waals surface area contributed by atoms with E-state index in [2.05, 4.69) is 10.6 Å². The van der Waals surface area contributed by atoms with Gasteiger partial charge in [-0.1, -0.05) is 17.7 Å². The first-order valence-corrected chi connectivity index (χ1v) is 5.51. The molecule has 1 aromatic carbocycles. The average molecular weight is 233 g/mol. The number of amides is 2. The summed E-state index contributed by atoms with van der Waals surface area (Å²) in [5.41, 5.74) is 7.91. The van der Waals surface area contributed by atoms with Gasteiger partial charge in [0.15, 0.2) is 0 Å². The molecule has 17 heavy (non-hydrogen) atoms. The second-order valence-corrected chi connectivity index (χ2v) is 4.18. The van der Waals surface area contributed by atoms with E-state index < -0.39 is 0 Å². The number of aryl methyl sites for hydroxylation is 1. The van der Waals surface area contributed by atoms with Gasteiger partial charge in [0, 0.05) is 24.2 Å². The van der Waals surface area contributed by atoms with E-state index in [1.807, 2.05) is 25.1 Å². The second kappa shape index (κ2) is 4.55. The van der Waals surface area contributed by atoms with Gasteiger partial charge in [-0.25, -0.2) is 0 Å². The molecule has 5 heteroatoms. The molecule has 0 saturated heterocycles. The first-order valence-electron chi connectivity index (χ1n) is 5.51. The molecule has 1 atom stereocenters. The van der Waals surface area contributed by atoms with Crippen LogP contribution in [0.15, 0.2) is 18.2 Å². The molecule has 0 fully saturated rings. The lowest BCUT2D eigenvalue weighted by Gasteiger charge is -2.10. The Bertz CT molecular complexity index is 471. The van der Waals surface area contributed by atoms with Crippen molar-refractivity contribution in [1.82, 2.24) is 5.32 Å². The lowest BCUT2D eigenvalue weighted by Crippen LogP contribution is -2.30. The quantitative estimate of drug-likeness (QED) is 0.706. The molecule has 0 spiro atoms. The number of hydrogen-bond acceptors (Lipinski definition) is 3. The Balaban J connectivity index is 2.11. The summed E-state index contributed by atoms with van der Waals surface area (Å²) in [5.74, 6) is -0.463. The zero-order valence-corrected chi connectivity index (χ0v) is 9.62. The van der Waals surface area contributed by atoms with Crippen LogP contribution in [0.25, 0.3) is 0 Å². The topological polar surface area (TPSA) is 84.2 Å². The fraction of sp³-hybridized carbons (Fsp3) is 0.333. The first kappa shape index (κ1) is 11.6. The molecule has 2 amide bonds. The third-order valence-electron chi connectivity index (χ3n) is 2.76. The van der Waals surface area contributed by atoms with E-state index >= 15 is 0 Å². The number of nitrogens with two attached hydrogens (primary N) is 1. The number of rotatable bonds is 4. The number of carbonyl (C=O) groups excluding carboxylic acids is 2. The van der Waals surface area contributed by atoms with Crippen molar-refractivity contribution in [2.75, 3.05) is 11.9 Å². The monoisotopic (exact) mass is 233 g/mol. The minimum absolute atomic E-state index is 0.0879. The van der Waals surface area contributed by atoms with Gasteiger partial charge in [-0.15, -0.1) is 0 Å². The van der Waals surface area contributed by atoms with Gasteiger partial charge in [0.25, 0.3) is 0 Å². The van der Waals surface area contributed by atoms with Gasteiger partial charge in [0.05, 0.1) is 0 Å². The van der Waals surface area contributed by atoms with Crippen LogP contribution in [0.1, 0.15) is 23.6 Å². The van der Waals surface area contributed by atoms with Crippen molar-refractivity contribution < 1.29 is 9.59 Å². The maximum absolute atomic E-state index is 11.7. The minimum Gasteiger partial charge on any atom is -0.370 e. The Morgan fingerprint density at radius 1 is 1.53 bits per heavy atom. The third-order valence-corrected chi connectivity index (χ3v) is 2.76. The molecular weight excluding hydrogens is 218 g/mol. The van der Waals surface area contributed by atoms with E-state index in [0.717, 1.165) is 16.8 Å². The molecule has 1 aromatic rings. The Labute approximate surface area is 99.4 Å². The molecule has 2 rings (SSSR count). The van der Waals surface area contributed by atoms with Crippen molar-refractivity contribution in [2.24, 2.45) is 5.73 Å².